The number of aldehydes is 1. The summed E-state index contributed by atoms with van der Waals surface area (Å²) in [6.07, 6.45) is 4.75. The first-order chi connectivity index (χ1) is 6.79. The predicted octanol–water partition coefficient (Wildman–Crippen LogP) is 0.357. The third-order valence-corrected chi connectivity index (χ3v) is 2.62. The number of aromatic nitrogens is 3. The fourth-order valence-electron chi connectivity index (χ4n) is 1.88. The van der Waals surface area contributed by atoms with Crippen LogP contribution in [0.15, 0.2) is 6.20 Å². The maximum absolute atomic E-state index is 10.4. The molecule has 0 saturated carbocycles. The second-order valence-corrected chi connectivity index (χ2v) is 3.80. The SMILES string of the molecule is CN1CCC[C@@H](n2cc(C=O)nn2)C1. The molecule has 0 bridgehead atoms. The van der Waals surface area contributed by atoms with Gasteiger partial charge in [0.15, 0.2) is 6.29 Å². The maximum Gasteiger partial charge on any atom is 0.171 e. The Balaban J connectivity index is 2.09. The lowest BCUT2D eigenvalue weighted by atomic mass is 10.1. The van der Waals surface area contributed by atoms with Crippen LogP contribution in [0.5, 0.6) is 0 Å². The van der Waals surface area contributed by atoms with Crippen molar-refractivity contribution in [2.75, 3.05) is 20.1 Å². The van der Waals surface area contributed by atoms with Gasteiger partial charge in [0.05, 0.1) is 12.2 Å². The Morgan fingerprint density at radius 1 is 1.64 bits per heavy atom. The summed E-state index contributed by atoms with van der Waals surface area (Å²) >= 11 is 0. The molecule has 0 spiro atoms. The Morgan fingerprint density at radius 2 is 2.50 bits per heavy atom. The molecule has 2 heterocycles. The first-order valence-electron chi connectivity index (χ1n) is 4.85. The molecule has 2 rings (SSSR count). The molecule has 1 fully saturated rings. The van der Waals surface area contributed by atoms with Crippen molar-refractivity contribution in [3.05, 3.63) is 11.9 Å². The lowest BCUT2D eigenvalue weighted by molar-refractivity contribution is 0.111. The number of piperidine rings is 1. The van der Waals surface area contributed by atoms with Crippen molar-refractivity contribution in [3.8, 4) is 0 Å². The van der Waals surface area contributed by atoms with Gasteiger partial charge in [0.2, 0.25) is 0 Å². The molecule has 1 aromatic heterocycles. The molecule has 0 radical (unpaired) electrons. The highest BCUT2D eigenvalue weighted by Crippen LogP contribution is 2.18. The zero-order valence-electron chi connectivity index (χ0n) is 8.26. The number of likely N-dealkylation sites (N-methyl/N-ethyl adjacent to an activating group) is 1. The van der Waals surface area contributed by atoms with Crippen molar-refractivity contribution >= 4 is 6.29 Å². The van der Waals surface area contributed by atoms with Gasteiger partial charge in [-0.25, -0.2) is 4.68 Å². The van der Waals surface area contributed by atoms with Gasteiger partial charge >= 0.3 is 0 Å². The minimum atomic E-state index is 0.370. The van der Waals surface area contributed by atoms with Crippen LogP contribution < -0.4 is 0 Å². The molecule has 0 amide bonds. The Kier molecular flexibility index (Phi) is 2.58. The molecule has 0 unspecified atom stereocenters. The molecule has 0 N–H and O–H groups in total. The molecule has 1 aromatic rings. The number of carbonyl (C=O) groups excluding carboxylic acids is 1. The first kappa shape index (κ1) is 9.33. The Morgan fingerprint density at radius 3 is 3.14 bits per heavy atom. The molecule has 1 saturated heterocycles. The van der Waals surface area contributed by atoms with E-state index in [1.54, 1.807) is 10.9 Å². The van der Waals surface area contributed by atoms with Gasteiger partial charge in [-0.2, -0.15) is 0 Å². The summed E-state index contributed by atoms with van der Waals surface area (Å²) < 4.78 is 1.80. The molecule has 1 atom stereocenters. The van der Waals surface area contributed by atoms with E-state index in [1.165, 1.54) is 6.42 Å². The van der Waals surface area contributed by atoms with Crippen LogP contribution in [-0.2, 0) is 0 Å². The number of hydrogen-bond acceptors (Lipinski definition) is 4. The lowest BCUT2D eigenvalue weighted by Crippen LogP contribution is -2.33. The summed E-state index contributed by atoms with van der Waals surface area (Å²) in [7, 11) is 2.10. The fraction of sp³-hybridized carbons (Fsp3) is 0.667. The molecule has 76 valence electrons. The van der Waals surface area contributed by atoms with Crippen LogP contribution in [0.1, 0.15) is 29.4 Å². The smallest absolute Gasteiger partial charge is 0.171 e. The molecule has 5 heteroatoms. The number of rotatable bonds is 2. The lowest BCUT2D eigenvalue weighted by Gasteiger charge is -2.29. The van der Waals surface area contributed by atoms with E-state index in [2.05, 4.69) is 22.3 Å². The number of nitrogens with zero attached hydrogens (tertiary/aromatic N) is 4. The van der Waals surface area contributed by atoms with Gasteiger partial charge in [0, 0.05) is 6.54 Å². The van der Waals surface area contributed by atoms with Crippen LogP contribution in [0.3, 0.4) is 0 Å². The standard InChI is InChI=1S/C9H14N4O/c1-12-4-2-3-9(6-12)13-5-8(7-14)10-11-13/h5,7,9H,2-4,6H2,1H3/t9-/m1/s1. The summed E-state index contributed by atoms with van der Waals surface area (Å²) in [5.74, 6) is 0. The van der Waals surface area contributed by atoms with E-state index in [9.17, 15) is 4.79 Å². The molecular weight excluding hydrogens is 180 g/mol. The average molecular weight is 194 g/mol. The van der Waals surface area contributed by atoms with Gasteiger partial charge in [-0.3, -0.25) is 4.79 Å². The second kappa shape index (κ2) is 3.88. The summed E-state index contributed by atoms with van der Waals surface area (Å²) in [6.45, 7) is 2.13. The van der Waals surface area contributed by atoms with Gasteiger partial charge < -0.3 is 4.90 Å². The van der Waals surface area contributed by atoms with Crippen molar-refractivity contribution in [1.29, 1.82) is 0 Å². The molecule has 0 aliphatic carbocycles. The van der Waals surface area contributed by atoms with Crippen molar-refractivity contribution in [1.82, 2.24) is 19.9 Å². The van der Waals surface area contributed by atoms with Crippen LogP contribution in [0.25, 0.3) is 0 Å². The van der Waals surface area contributed by atoms with Crippen molar-refractivity contribution in [2.24, 2.45) is 0 Å². The third kappa shape index (κ3) is 1.82. The van der Waals surface area contributed by atoms with Gasteiger partial charge in [-0.05, 0) is 26.4 Å². The van der Waals surface area contributed by atoms with E-state index in [1.807, 2.05) is 0 Å². The van der Waals surface area contributed by atoms with Gasteiger partial charge in [0.25, 0.3) is 0 Å². The van der Waals surface area contributed by atoms with Crippen molar-refractivity contribution < 1.29 is 4.79 Å². The molecule has 1 aliphatic heterocycles. The Bertz CT molecular complexity index is 322. The minimum Gasteiger partial charge on any atom is -0.304 e. The summed E-state index contributed by atoms with van der Waals surface area (Å²) in [4.78, 5) is 12.7. The first-order valence-corrected chi connectivity index (χ1v) is 4.85. The zero-order chi connectivity index (χ0) is 9.97. The normalized spacial score (nSPS) is 23.6. The summed E-state index contributed by atoms with van der Waals surface area (Å²) in [5.41, 5.74) is 0.415. The minimum absolute atomic E-state index is 0.370. The van der Waals surface area contributed by atoms with E-state index >= 15 is 0 Å². The van der Waals surface area contributed by atoms with E-state index < -0.39 is 0 Å². The van der Waals surface area contributed by atoms with E-state index in [4.69, 9.17) is 0 Å². The quantitative estimate of drug-likeness (QED) is 0.638. The van der Waals surface area contributed by atoms with Crippen LogP contribution in [0, 0.1) is 0 Å². The topological polar surface area (TPSA) is 51.0 Å². The van der Waals surface area contributed by atoms with Gasteiger partial charge in [-0.1, -0.05) is 5.21 Å². The Hall–Kier alpha value is -1.23. The van der Waals surface area contributed by atoms with Crippen molar-refractivity contribution in [3.63, 3.8) is 0 Å². The second-order valence-electron chi connectivity index (χ2n) is 3.80. The zero-order valence-corrected chi connectivity index (χ0v) is 8.26. The number of hydrogen-bond donors (Lipinski definition) is 0. The van der Waals surface area contributed by atoms with E-state index in [0.717, 1.165) is 25.8 Å². The summed E-state index contributed by atoms with van der Waals surface area (Å²) in [5, 5.41) is 7.72. The van der Waals surface area contributed by atoms with Crippen LogP contribution in [0.4, 0.5) is 0 Å². The summed E-state index contributed by atoms with van der Waals surface area (Å²) in [6, 6.07) is 0.370. The average Bonchev–Trinajstić information content (AvgIpc) is 2.66. The maximum atomic E-state index is 10.4. The van der Waals surface area contributed by atoms with E-state index in [-0.39, 0.29) is 0 Å². The number of carbonyl (C=O) groups is 1. The van der Waals surface area contributed by atoms with Crippen LogP contribution in [0.2, 0.25) is 0 Å². The molecule has 0 aromatic carbocycles. The molecule has 5 nitrogen and oxygen atoms in total. The monoisotopic (exact) mass is 194 g/mol. The molecular formula is C9H14N4O. The van der Waals surface area contributed by atoms with E-state index in [0.29, 0.717) is 11.7 Å². The van der Waals surface area contributed by atoms with Gasteiger partial charge in [-0.15, -0.1) is 5.10 Å². The fourth-order valence-corrected chi connectivity index (χ4v) is 1.88. The number of likely N-dealkylation sites (tertiary alicyclic amines) is 1. The highest BCUT2D eigenvalue weighted by atomic mass is 16.1. The van der Waals surface area contributed by atoms with Crippen molar-refractivity contribution in [2.45, 2.75) is 18.9 Å². The Labute approximate surface area is 82.7 Å². The molecule has 1 aliphatic rings. The van der Waals surface area contributed by atoms with Crippen LogP contribution >= 0.6 is 0 Å². The highest BCUT2D eigenvalue weighted by Gasteiger charge is 2.19. The third-order valence-electron chi connectivity index (χ3n) is 2.62. The molecule has 14 heavy (non-hydrogen) atoms. The predicted molar refractivity (Wildman–Crippen MR) is 51.2 cm³/mol. The van der Waals surface area contributed by atoms with Crippen LogP contribution in [-0.4, -0.2) is 46.3 Å². The highest BCUT2D eigenvalue weighted by molar-refractivity contribution is 5.70. The van der Waals surface area contributed by atoms with Gasteiger partial charge in [0.1, 0.15) is 5.69 Å². The largest absolute Gasteiger partial charge is 0.304 e.